The molecule has 2 rings (SSSR count). The quantitative estimate of drug-likeness (QED) is 0.864. The van der Waals surface area contributed by atoms with Crippen molar-refractivity contribution in [3.05, 3.63) is 45.4 Å². The van der Waals surface area contributed by atoms with Gasteiger partial charge in [-0.25, -0.2) is 4.79 Å². The lowest BCUT2D eigenvalue weighted by Gasteiger charge is -2.14. The summed E-state index contributed by atoms with van der Waals surface area (Å²) in [7, 11) is 1.83. The molecule has 0 spiro atoms. The number of carboxylic acids is 1. The summed E-state index contributed by atoms with van der Waals surface area (Å²) in [6.45, 7) is 3.88. The van der Waals surface area contributed by atoms with Crippen LogP contribution in [0.2, 0.25) is 0 Å². The van der Waals surface area contributed by atoms with Crippen LogP contribution in [0.1, 0.15) is 22.5 Å². The van der Waals surface area contributed by atoms with Gasteiger partial charge in [-0.05, 0) is 25.8 Å². The zero-order valence-corrected chi connectivity index (χ0v) is 12.3. The van der Waals surface area contributed by atoms with Crippen LogP contribution in [0.4, 0.5) is 0 Å². The lowest BCUT2D eigenvalue weighted by atomic mass is 10.1. The number of rotatable bonds is 5. The fourth-order valence-corrected chi connectivity index (χ4v) is 2.35. The zero-order valence-electron chi connectivity index (χ0n) is 12.3. The van der Waals surface area contributed by atoms with E-state index in [2.05, 4.69) is 10.1 Å². The van der Waals surface area contributed by atoms with Crippen molar-refractivity contribution in [1.29, 1.82) is 0 Å². The van der Waals surface area contributed by atoms with Crippen LogP contribution >= 0.6 is 0 Å². The summed E-state index contributed by atoms with van der Waals surface area (Å²) >= 11 is 0. The van der Waals surface area contributed by atoms with Gasteiger partial charge in [0.15, 0.2) is 0 Å². The van der Waals surface area contributed by atoms with E-state index in [1.165, 1.54) is 4.57 Å². The number of aliphatic carboxylic acids is 1. The van der Waals surface area contributed by atoms with Crippen molar-refractivity contribution in [2.24, 2.45) is 7.05 Å². The highest BCUT2D eigenvalue weighted by atomic mass is 16.4. The molecule has 2 aromatic heterocycles. The standard InChI is InChI=1S/C14H18N4O3/c1-9-12(6-13(19)20)10(2)18(14(21)16-9)5-4-11-7-15-17(3)8-11/h7-8H,4-6H2,1-3H3,(H,19,20). The van der Waals surface area contributed by atoms with E-state index in [1.807, 2.05) is 13.2 Å². The van der Waals surface area contributed by atoms with Crippen molar-refractivity contribution in [2.45, 2.75) is 33.2 Å². The van der Waals surface area contributed by atoms with Gasteiger partial charge in [-0.3, -0.25) is 14.0 Å². The monoisotopic (exact) mass is 290 g/mol. The largest absolute Gasteiger partial charge is 0.481 e. The molecule has 0 aliphatic heterocycles. The molecule has 7 nitrogen and oxygen atoms in total. The first kappa shape index (κ1) is 15.0. The molecule has 0 bridgehead atoms. The SMILES string of the molecule is Cc1nc(=O)n(CCc2cnn(C)c2)c(C)c1CC(=O)O. The maximum absolute atomic E-state index is 12.0. The van der Waals surface area contributed by atoms with Crippen molar-refractivity contribution >= 4 is 5.97 Å². The van der Waals surface area contributed by atoms with Crippen molar-refractivity contribution in [3.63, 3.8) is 0 Å². The summed E-state index contributed by atoms with van der Waals surface area (Å²) in [6.07, 6.45) is 4.16. The van der Waals surface area contributed by atoms with E-state index in [4.69, 9.17) is 5.11 Å². The molecule has 0 saturated heterocycles. The molecule has 0 amide bonds. The Labute approximate surface area is 121 Å². The fraction of sp³-hybridized carbons (Fsp3) is 0.429. The lowest BCUT2D eigenvalue weighted by Crippen LogP contribution is -2.29. The Bertz CT molecular complexity index is 730. The number of carbonyl (C=O) groups is 1. The molecule has 112 valence electrons. The van der Waals surface area contributed by atoms with E-state index in [0.29, 0.717) is 29.9 Å². The molecule has 1 N–H and O–H groups in total. The minimum atomic E-state index is -0.930. The van der Waals surface area contributed by atoms with Gasteiger partial charge in [0.2, 0.25) is 0 Å². The summed E-state index contributed by atoms with van der Waals surface area (Å²) in [5.41, 5.74) is 2.43. The predicted octanol–water partition coefficient (Wildman–Crippen LogP) is 0.463. The van der Waals surface area contributed by atoms with Crippen LogP contribution in [-0.2, 0) is 31.2 Å². The third-order valence-corrected chi connectivity index (χ3v) is 3.48. The van der Waals surface area contributed by atoms with Crippen molar-refractivity contribution < 1.29 is 9.90 Å². The van der Waals surface area contributed by atoms with Crippen LogP contribution in [0, 0.1) is 13.8 Å². The third-order valence-electron chi connectivity index (χ3n) is 3.48. The van der Waals surface area contributed by atoms with Gasteiger partial charge in [0.25, 0.3) is 0 Å². The van der Waals surface area contributed by atoms with Crippen LogP contribution < -0.4 is 5.69 Å². The van der Waals surface area contributed by atoms with Gasteiger partial charge in [-0.1, -0.05) is 0 Å². The molecule has 2 heterocycles. The van der Waals surface area contributed by atoms with E-state index in [1.54, 1.807) is 24.7 Å². The van der Waals surface area contributed by atoms with Crippen molar-refractivity contribution in [2.75, 3.05) is 0 Å². The first-order valence-electron chi connectivity index (χ1n) is 6.64. The maximum atomic E-state index is 12.0. The molecule has 21 heavy (non-hydrogen) atoms. The topological polar surface area (TPSA) is 90.0 Å². The fourth-order valence-electron chi connectivity index (χ4n) is 2.35. The van der Waals surface area contributed by atoms with Crippen LogP contribution in [-0.4, -0.2) is 30.4 Å². The Kier molecular flexibility index (Phi) is 4.21. The Morgan fingerprint density at radius 2 is 2.10 bits per heavy atom. The molecular formula is C14H18N4O3. The smallest absolute Gasteiger partial charge is 0.347 e. The molecular weight excluding hydrogens is 272 g/mol. The van der Waals surface area contributed by atoms with E-state index in [9.17, 15) is 9.59 Å². The van der Waals surface area contributed by atoms with Crippen LogP contribution in [0.5, 0.6) is 0 Å². The van der Waals surface area contributed by atoms with Gasteiger partial charge in [-0.2, -0.15) is 10.1 Å². The van der Waals surface area contributed by atoms with Gasteiger partial charge in [0.05, 0.1) is 12.6 Å². The molecule has 0 aromatic carbocycles. The number of aromatic nitrogens is 4. The average molecular weight is 290 g/mol. The summed E-state index contributed by atoms with van der Waals surface area (Å²) in [5.74, 6) is -0.930. The summed E-state index contributed by atoms with van der Waals surface area (Å²) in [5, 5.41) is 13.0. The molecule has 0 aliphatic carbocycles. The van der Waals surface area contributed by atoms with Crippen LogP contribution in [0.15, 0.2) is 17.2 Å². The predicted molar refractivity (Wildman–Crippen MR) is 76.2 cm³/mol. The maximum Gasteiger partial charge on any atom is 0.347 e. The third kappa shape index (κ3) is 3.36. The van der Waals surface area contributed by atoms with Gasteiger partial charge in [0, 0.05) is 36.7 Å². The zero-order chi connectivity index (χ0) is 15.6. The van der Waals surface area contributed by atoms with E-state index in [0.717, 1.165) is 5.56 Å². The van der Waals surface area contributed by atoms with Crippen molar-refractivity contribution in [3.8, 4) is 0 Å². The van der Waals surface area contributed by atoms with Gasteiger partial charge in [0.1, 0.15) is 0 Å². The Balaban J connectivity index is 2.30. The molecule has 0 fully saturated rings. The van der Waals surface area contributed by atoms with Crippen molar-refractivity contribution in [1.82, 2.24) is 19.3 Å². The molecule has 0 aliphatic rings. The van der Waals surface area contributed by atoms with Crippen LogP contribution in [0.3, 0.4) is 0 Å². The van der Waals surface area contributed by atoms with Gasteiger partial charge in [-0.15, -0.1) is 0 Å². The highest BCUT2D eigenvalue weighted by Crippen LogP contribution is 2.11. The number of hydrogen-bond donors (Lipinski definition) is 1. The Hall–Kier alpha value is -2.44. The molecule has 0 saturated carbocycles. The normalized spacial score (nSPS) is 10.8. The summed E-state index contributed by atoms with van der Waals surface area (Å²) < 4.78 is 3.23. The van der Waals surface area contributed by atoms with E-state index in [-0.39, 0.29) is 12.1 Å². The highest BCUT2D eigenvalue weighted by molar-refractivity contribution is 5.70. The molecule has 0 radical (unpaired) electrons. The van der Waals surface area contributed by atoms with Gasteiger partial charge >= 0.3 is 11.7 Å². The molecule has 0 atom stereocenters. The number of carboxylic acid groups (broad SMARTS) is 1. The minimum absolute atomic E-state index is 0.127. The van der Waals surface area contributed by atoms with E-state index < -0.39 is 5.97 Å². The summed E-state index contributed by atoms with van der Waals surface area (Å²) in [4.78, 5) is 26.9. The summed E-state index contributed by atoms with van der Waals surface area (Å²) in [6, 6.07) is 0. The first-order chi connectivity index (χ1) is 9.88. The second kappa shape index (κ2) is 5.90. The second-order valence-electron chi connectivity index (χ2n) is 5.04. The number of aryl methyl sites for hydroxylation is 3. The first-order valence-corrected chi connectivity index (χ1v) is 6.64. The van der Waals surface area contributed by atoms with Crippen LogP contribution in [0.25, 0.3) is 0 Å². The molecule has 0 unspecified atom stereocenters. The highest BCUT2D eigenvalue weighted by Gasteiger charge is 2.14. The number of hydrogen-bond acceptors (Lipinski definition) is 4. The second-order valence-corrected chi connectivity index (χ2v) is 5.04. The average Bonchev–Trinajstić information content (AvgIpc) is 2.80. The lowest BCUT2D eigenvalue weighted by molar-refractivity contribution is -0.136. The Morgan fingerprint density at radius 1 is 1.38 bits per heavy atom. The van der Waals surface area contributed by atoms with E-state index >= 15 is 0 Å². The molecule has 7 heteroatoms. The van der Waals surface area contributed by atoms with Gasteiger partial charge < -0.3 is 5.11 Å². The Morgan fingerprint density at radius 3 is 2.67 bits per heavy atom. The molecule has 2 aromatic rings. The minimum Gasteiger partial charge on any atom is -0.481 e. The number of nitrogens with zero attached hydrogens (tertiary/aromatic N) is 4.